The summed E-state index contributed by atoms with van der Waals surface area (Å²) in [5.41, 5.74) is 2.49. The SMILES string of the molecule is CCC(C)(c1ccc2occc2c1)C(C)NC. The first-order chi connectivity index (χ1) is 8.11. The molecule has 2 nitrogen and oxygen atoms in total. The molecule has 0 amide bonds. The second-order valence-corrected chi connectivity index (χ2v) is 4.95. The molecule has 0 spiro atoms. The molecule has 17 heavy (non-hydrogen) atoms. The lowest BCUT2D eigenvalue weighted by Gasteiger charge is -2.35. The topological polar surface area (TPSA) is 25.2 Å². The number of fused-ring (bicyclic) bond motifs is 1. The van der Waals surface area contributed by atoms with Gasteiger partial charge in [-0.05, 0) is 44.2 Å². The molecule has 2 rings (SSSR count). The van der Waals surface area contributed by atoms with E-state index in [2.05, 4.69) is 44.3 Å². The number of furan rings is 1. The fraction of sp³-hybridized carbons (Fsp3) is 0.467. The van der Waals surface area contributed by atoms with Gasteiger partial charge in [-0.25, -0.2) is 0 Å². The van der Waals surface area contributed by atoms with Crippen LogP contribution in [0.5, 0.6) is 0 Å². The van der Waals surface area contributed by atoms with Gasteiger partial charge >= 0.3 is 0 Å². The third kappa shape index (κ3) is 1.98. The van der Waals surface area contributed by atoms with Gasteiger partial charge < -0.3 is 9.73 Å². The van der Waals surface area contributed by atoms with Crippen LogP contribution < -0.4 is 5.32 Å². The summed E-state index contributed by atoms with van der Waals surface area (Å²) in [7, 11) is 2.02. The molecule has 0 saturated carbocycles. The smallest absolute Gasteiger partial charge is 0.133 e. The predicted octanol–water partition coefficient (Wildman–Crippen LogP) is 3.71. The maximum Gasteiger partial charge on any atom is 0.133 e. The number of hydrogen-bond acceptors (Lipinski definition) is 2. The summed E-state index contributed by atoms with van der Waals surface area (Å²) in [5.74, 6) is 0. The zero-order valence-corrected chi connectivity index (χ0v) is 11.1. The minimum absolute atomic E-state index is 0.153. The first-order valence-corrected chi connectivity index (χ1v) is 6.27. The largest absolute Gasteiger partial charge is 0.464 e. The number of rotatable bonds is 4. The fourth-order valence-electron chi connectivity index (χ4n) is 2.40. The standard InChI is InChI=1S/C15H21NO/c1-5-15(3,11(2)16-4)13-6-7-14-12(10-13)8-9-17-14/h6-11,16H,5H2,1-4H3. The number of hydrogen-bond donors (Lipinski definition) is 1. The molecule has 0 radical (unpaired) electrons. The summed E-state index contributed by atoms with van der Waals surface area (Å²) in [6, 6.07) is 8.97. The van der Waals surface area contributed by atoms with Gasteiger partial charge in [0.2, 0.25) is 0 Å². The highest BCUT2D eigenvalue weighted by Gasteiger charge is 2.30. The second kappa shape index (κ2) is 4.53. The Kier molecular flexibility index (Phi) is 3.25. The molecule has 2 atom stereocenters. The summed E-state index contributed by atoms with van der Waals surface area (Å²) in [4.78, 5) is 0. The van der Waals surface area contributed by atoms with Crippen molar-refractivity contribution in [2.45, 2.75) is 38.6 Å². The molecular weight excluding hydrogens is 210 g/mol. The lowest BCUT2D eigenvalue weighted by molar-refractivity contribution is 0.340. The van der Waals surface area contributed by atoms with Crippen LogP contribution in [0.15, 0.2) is 34.9 Å². The quantitative estimate of drug-likeness (QED) is 0.867. The van der Waals surface area contributed by atoms with E-state index < -0.39 is 0 Å². The zero-order valence-electron chi connectivity index (χ0n) is 11.1. The molecular formula is C15H21NO. The van der Waals surface area contributed by atoms with Crippen LogP contribution in [0.2, 0.25) is 0 Å². The van der Waals surface area contributed by atoms with E-state index in [1.807, 2.05) is 13.1 Å². The van der Waals surface area contributed by atoms with Crippen LogP contribution >= 0.6 is 0 Å². The highest BCUT2D eigenvalue weighted by Crippen LogP contribution is 2.33. The lowest BCUT2D eigenvalue weighted by Crippen LogP contribution is -2.42. The van der Waals surface area contributed by atoms with Gasteiger partial charge in [0, 0.05) is 16.8 Å². The van der Waals surface area contributed by atoms with Gasteiger partial charge in [0.1, 0.15) is 5.58 Å². The second-order valence-electron chi connectivity index (χ2n) is 4.95. The number of benzene rings is 1. The third-order valence-electron chi connectivity index (χ3n) is 4.24. The van der Waals surface area contributed by atoms with E-state index in [1.165, 1.54) is 10.9 Å². The van der Waals surface area contributed by atoms with Crippen LogP contribution in [-0.4, -0.2) is 13.1 Å². The Morgan fingerprint density at radius 2 is 2.12 bits per heavy atom. The number of nitrogens with one attached hydrogen (secondary N) is 1. The van der Waals surface area contributed by atoms with Crippen molar-refractivity contribution in [1.82, 2.24) is 5.32 Å². The van der Waals surface area contributed by atoms with E-state index >= 15 is 0 Å². The van der Waals surface area contributed by atoms with Crippen molar-refractivity contribution in [3.63, 3.8) is 0 Å². The van der Waals surface area contributed by atoms with E-state index in [0.29, 0.717) is 6.04 Å². The highest BCUT2D eigenvalue weighted by atomic mass is 16.3. The summed E-state index contributed by atoms with van der Waals surface area (Å²) >= 11 is 0. The minimum Gasteiger partial charge on any atom is -0.464 e. The van der Waals surface area contributed by atoms with Crippen molar-refractivity contribution in [3.05, 3.63) is 36.1 Å². The molecule has 1 N–H and O–H groups in total. The molecule has 0 bridgehead atoms. The van der Waals surface area contributed by atoms with Crippen molar-refractivity contribution in [2.24, 2.45) is 0 Å². The fourth-order valence-corrected chi connectivity index (χ4v) is 2.40. The van der Waals surface area contributed by atoms with Crippen molar-refractivity contribution >= 4 is 11.0 Å². The average Bonchev–Trinajstić information content (AvgIpc) is 2.83. The predicted molar refractivity (Wildman–Crippen MR) is 72.4 cm³/mol. The van der Waals surface area contributed by atoms with Crippen molar-refractivity contribution in [2.75, 3.05) is 7.05 Å². The van der Waals surface area contributed by atoms with Crippen LogP contribution in [0.1, 0.15) is 32.8 Å². The molecule has 0 fully saturated rings. The monoisotopic (exact) mass is 231 g/mol. The molecule has 0 aliphatic heterocycles. The third-order valence-corrected chi connectivity index (χ3v) is 4.24. The van der Waals surface area contributed by atoms with Crippen molar-refractivity contribution in [3.8, 4) is 0 Å². The Morgan fingerprint density at radius 1 is 1.35 bits per heavy atom. The molecule has 2 aromatic rings. The molecule has 2 unspecified atom stereocenters. The Balaban J connectivity index is 2.48. The van der Waals surface area contributed by atoms with Gasteiger partial charge in [-0.2, -0.15) is 0 Å². The average molecular weight is 231 g/mol. The normalized spacial score (nSPS) is 16.9. The molecule has 0 aliphatic carbocycles. The van der Waals surface area contributed by atoms with Crippen molar-refractivity contribution < 1.29 is 4.42 Å². The lowest BCUT2D eigenvalue weighted by atomic mass is 9.74. The van der Waals surface area contributed by atoms with E-state index in [1.54, 1.807) is 6.26 Å². The van der Waals surface area contributed by atoms with Gasteiger partial charge in [0.05, 0.1) is 6.26 Å². The van der Waals surface area contributed by atoms with Gasteiger partial charge in [-0.3, -0.25) is 0 Å². The summed E-state index contributed by atoms with van der Waals surface area (Å²) in [6.07, 6.45) is 2.86. The molecule has 1 heterocycles. The molecule has 0 aliphatic rings. The molecule has 2 heteroatoms. The Morgan fingerprint density at radius 3 is 2.76 bits per heavy atom. The van der Waals surface area contributed by atoms with Gasteiger partial charge in [-0.1, -0.05) is 19.9 Å². The first-order valence-electron chi connectivity index (χ1n) is 6.27. The molecule has 1 aromatic heterocycles. The van der Waals surface area contributed by atoms with Crippen LogP contribution in [0.25, 0.3) is 11.0 Å². The summed E-state index contributed by atoms with van der Waals surface area (Å²) in [5, 5.41) is 4.56. The Labute approximate surface area is 103 Å². The number of likely N-dealkylation sites (N-methyl/N-ethyl adjacent to an activating group) is 1. The highest BCUT2D eigenvalue weighted by molar-refractivity contribution is 5.78. The molecule has 92 valence electrons. The van der Waals surface area contributed by atoms with E-state index in [9.17, 15) is 0 Å². The minimum atomic E-state index is 0.153. The maximum atomic E-state index is 5.39. The van der Waals surface area contributed by atoms with Gasteiger partial charge in [-0.15, -0.1) is 0 Å². The van der Waals surface area contributed by atoms with Crippen LogP contribution in [-0.2, 0) is 5.41 Å². The molecule has 1 aromatic carbocycles. The summed E-state index contributed by atoms with van der Waals surface area (Å²) < 4.78 is 5.39. The van der Waals surface area contributed by atoms with Crippen LogP contribution in [0.4, 0.5) is 0 Å². The Bertz CT molecular complexity index is 502. The van der Waals surface area contributed by atoms with Crippen LogP contribution in [0.3, 0.4) is 0 Å². The molecule has 0 saturated heterocycles. The summed E-state index contributed by atoms with van der Waals surface area (Å²) in [6.45, 7) is 6.80. The van der Waals surface area contributed by atoms with E-state index in [4.69, 9.17) is 4.42 Å². The van der Waals surface area contributed by atoms with E-state index in [-0.39, 0.29) is 5.41 Å². The first kappa shape index (κ1) is 12.2. The Hall–Kier alpha value is -1.28. The maximum absolute atomic E-state index is 5.39. The van der Waals surface area contributed by atoms with Gasteiger partial charge in [0.15, 0.2) is 0 Å². The van der Waals surface area contributed by atoms with Crippen LogP contribution in [0, 0.1) is 0 Å². The van der Waals surface area contributed by atoms with E-state index in [0.717, 1.165) is 12.0 Å². The zero-order chi connectivity index (χ0) is 12.5. The van der Waals surface area contributed by atoms with Crippen molar-refractivity contribution in [1.29, 1.82) is 0 Å². The van der Waals surface area contributed by atoms with Gasteiger partial charge in [0.25, 0.3) is 0 Å².